The van der Waals surface area contributed by atoms with E-state index >= 15 is 0 Å². The lowest BCUT2D eigenvalue weighted by Gasteiger charge is -2.20. The smallest absolute Gasteiger partial charge is 0.311 e. The maximum atomic E-state index is 12.2. The van der Waals surface area contributed by atoms with Gasteiger partial charge in [-0.3, -0.25) is 15.4 Å². The average Bonchev–Trinajstić information content (AvgIpc) is 3.22. The Balaban J connectivity index is 1.67. The zero-order chi connectivity index (χ0) is 23.3. The number of nitrogens with two attached hydrogens (primary N) is 1. The molecule has 0 aliphatic carbocycles. The number of hydrazine groups is 1. The van der Waals surface area contributed by atoms with Crippen molar-refractivity contribution >= 4 is 35.0 Å². The molecule has 0 radical (unpaired) electrons. The summed E-state index contributed by atoms with van der Waals surface area (Å²) in [6, 6.07) is 8.10. The average molecular weight is 441 g/mol. The van der Waals surface area contributed by atoms with Crippen molar-refractivity contribution in [1.29, 1.82) is 0 Å². The molecule has 1 unspecified atom stereocenters. The molecular weight excluding hydrogens is 408 g/mol. The van der Waals surface area contributed by atoms with Crippen LogP contribution in [-0.2, 0) is 15.0 Å². The molecule has 0 spiro atoms. The second-order valence-corrected chi connectivity index (χ2v) is 8.79. The molecule has 2 aromatic rings. The standard InChI is InChI=1S/C22H32N8O2/c1-5-24-19(31)20(32)30-11-10-16(13-30)27-21-25-12-17(29-23)18(28-21)26-15-8-6-14(7-9-15)22(2,3)4/h6-9,12,16,29H,5,10-11,13,23H2,1-4H3,(H,24,31)(H2,25,26,27,28). The number of nitrogens with zero attached hydrogens (tertiary/aromatic N) is 3. The molecule has 32 heavy (non-hydrogen) atoms. The van der Waals surface area contributed by atoms with Crippen molar-refractivity contribution < 1.29 is 9.59 Å². The van der Waals surface area contributed by atoms with Gasteiger partial charge in [-0.25, -0.2) is 4.98 Å². The van der Waals surface area contributed by atoms with Crippen molar-refractivity contribution in [3.8, 4) is 0 Å². The largest absolute Gasteiger partial charge is 0.350 e. The number of carbonyl (C=O) groups is 2. The molecular formula is C22H32N8O2. The van der Waals surface area contributed by atoms with E-state index in [1.54, 1.807) is 13.1 Å². The Bertz CT molecular complexity index is 955. The van der Waals surface area contributed by atoms with Gasteiger partial charge in [-0.1, -0.05) is 32.9 Å². The third-order valence-corrected chi connectivity index (χ3v) is 5.30. The van der Waals surface area contributed by atoms with Crippen molar-refractivity contribution in [1.82, 2.24) is 20.2 Å². The van der Waals surface area contributed by atoms with Crippen LogP contribution in [0.25, 0.3) is 0 Å². The van der Waals surface area contributed by atoms with Crippen molar-refractivity contribution in [2.24, 2.45) is 5.84 Å². The molecule has 6 N–H and O–H groups in total. The van der Waals surface area contributed by atoms with E-state index in [-0.39, 0.29) is 11.5 Å². The van der Waals surface area contributed by atoms with Crippen LogP contribution >= 0.6 is 0 Å². The van der Waals surface area contributed by atoms with Crippen LogP contribution in [0.15, 0.2) is 30.5 Å². The van der Waals surface area contributed by atoms with Gasteiger partial charge in [0.05, 0.1) is 6.20 Å². The molecule has 3 rings (SSSR count). The number of benzene rings is 1. The summed E-state index contributed by atoms with van der Waals surface area (Å²) in [5, 5.41) is 9.06. The van der Waals surface area contributed by atoms with Gasteiger partial charge in [0.2, 0.25) is 5.95 Å². The number of likely N-dealkylation sites (N-methyl/N-ethyl adjacent to an activating group) is 1. The van der Waals surface area contributed by atoms with Gasteiger partial charge in [-0.2, -0.15) is 4.98 Å². The van der Waals surface area contributed by atoms with Crippen LogP contribution in [0.5, 0.6) is 0 Å². The number of rotatable bonds is 6. The normalized spacial score (nSPS) is 15.9. The van der Waals surface area contributed by atoms with E-state index < -0.39 is 11.8 Å². The Kier molecular flexibility index (Phi) is 7.14. The Morgan fingerprint density at radius 3 is 2.56 bits per heavy atom. The quantitative estimate of drug-likeness (QED) is 0.261. The number of aromatic nitrogens is 2. The number of nitrogen functional groups attached to an aromatic ring is 1. The molecule has 10 heteroatoms. The van der Waals surface area contributed by atoms with E-state index in [1.807, 2.05) is 12.1 Å². The van der Waals surface area contributed by atoms with E-state index in [0.29, 0.717) is 43.5 Å². The molecule has 1 atom stereocenters. The van der Waals surface area contributed by atoms with E-state index in [0.717, 1.165) is 5.69 Å². The topological polar surface area (TPSA) is 137 Å². The molecule has 1 aliphatic rings. The molecule has 2 amide bonds. The zero-order valence-corrected chi connectivity index (χ0v) is 19.0. The second kappa shape index (κ2) is 9.82. The van der Waals surface area contributed by atoms with Gasteiger partial charge in [0, 0.05) is 31.4 Å². The number of carbonyl (C=O) groups excluding carboxylic acids is 2. The Hall–Kier alpha value is -3.40. The molecule has 1 fully saturated rings. The Morgan fingerprint density at radius 2 is 1.94 bits per heavy atom. The highest BCUT2D eigenvalue weighted by atomic mass is 16.2. The first kappa shape index (κ1) is 23.3. The van der Waals surface area contributed by atoms with E-state index in [9.17, 15) is 9.59 Å². The van der Waals surface area contributed by atoms with Crippen molar-refractivity contribution in [2.45, 2.75) is 45.6 Å². The van der Waals surface area contributed by atoms with Crippen molar-refractivity contribution in [3.05, 3.63) is 36.0 Å². The maximum absolute atomic E-state index is 12.2. The lowest BCUT2D eigenvalue weighted by atomic mass is 9.87. The van der Waals surface area contributed by atoms with Gasteiger partial charge >= 0.3 is 11.8 Å². The molecule has 1 aromatic heterocycles. The first-order valence-electron chi connectivity index (χ1n) is 10.8. The highest BCUT2D eigenvalue weighted by molar-refractivity contribution is 6.35. The van der Waals surface area contributed by atoms with E-state index in [1.165, 1.54) is 10.5 Å². The number of hydrogen-bond donors (Lipinski definition) is 5. The lowest BCUT2D eigenvalue weighted by molar-refractivity contribution is -0.145. The van der Waals surface area contributed by atoms with Crippen LogP contribution in [0.2, 0.25) is 0 Å². The summed E-state index contributed by atoms with van der Waals surface area (Å²) in [7, 11) is 0. The van der Waals surface area contributed by atoms with E-state index in [2.05, 4.69) is 64.2 Å². The first-order valence-corrected chi connectivity index (χ1v) is 10.8. The number of amides is 2. The molecule has 1 aliphatic heterocycles. The Morgan fingerprint density at radius 1 is 1.22 bits per heavy atom. The van der Waals surface area contributed by atoms with Gasteiger partial charge in [-0.05, 0) is 36.5 Å². The van der Waals surface area contributed by atoms with Crippen LogP contribution in [0.3, 0.4) is 0 Å². The minimum Gasteiger partial charge on any atom is -0.350 e. The van der Waals surface area contributed by atoms with Gasteiger partial charge in [0.1, 0.15) is 5.69 Å². The van der Waals surface area contributed by atoms with E-state index in [4.69, 9.17) is 5.84 Å². The predicted molar refractivity (Wildman–Crippen MR) is 126 cm³/mol. The molecule has 172 valence electrons. The summed E-state index contributed by atoms with van der Waals surface area (Å²) >= 11 is 0. The zero-order valence-electron chi connectivity index (χ0n) is 19.0. The monoisotopic (exact) mass is 440 g/mol. The van der Waals surface area contributed by atoms with Gasteiger partial charge in [-0.15, -0.1) is 0 Å². The summed E-state index contributed by atoms with van der Waals surface area (Å²) in [5.41, 5.74) is 5.34. The second-order valence-electron chi connectivity index (χ2n) is 8.79. The molecule has 0 bridgehead atoms. The van der Waals surface area contributed by atoms with Crippen LogP contribution < -0.4 is 27.2 Å². The number of nitrogens with one attached hydrogen (secondary N) is 4. The summed E-state index contributed by atoms with van der Waals surface area (Å²) < 4.78 is 0. The van der Waals surface area contributed by atoms with Crippen LogP contribution in [-0.4, -0.2) is 52.4 Å². The number of hydrogen-bond acceptors (Lipinski definition) is 8. The summed E-state index contributed by atoms with van der Waals surface area (Å²) in [6.07, 6.45) is 2.29. The third kappa shape index (κ3) is 5.64. The van der Waals surface area contributed by atoms with Gasteiger partial charge < -0.3 is 26.3 Å². The number of likely N-dealkylation sites (tertiary alicyclic amines) is 1. The van der Waals surface area contributed by atoms with Gasteiger partial charge in [0.15, 0.2) is 5.82 Å². The maximum Gasteiger partial charge on any atom is 0.311 e. The van der Waals surface area contributed by atoms with Crippen LogP contribution in [0.4, 0.5) is 23.1 Å². The minimum atomic E-state index is -0.577. The number of anilines is 4. The highest BCUT2D eigenvalue weighted by Crippen LogP contribution is 2.27. The molecule has 0 saturated carbocycles. The lowest BCUT2D eigenvalue weighted by Crippen LogP contribution is -2.42. The molecule has 10 nitrogen and oxygen atoms in total. The summed E-state index contributed by atoms with van der Waals surface area (Å²) in [6.45, 7) is 9.62. The van der Waals surface area contributed by atoms with Crippen LogP contribution in [0.1, 0.15) is 39.7 Å². The fraction of sp³-hybridized carbons (Fsp3) is 0.455. The van der Waals surface area contributed by atoms with Crippen molar-refractivity contribution in [3.63, 3.8) is 0 Å². The fourth-order valence-corrected chi connectivity index (χ4v) is 3.47. The van der Waals surface area contributed by atoms with Crippen LogP contribution in [0, 0.1) is 0 Å². The first-order chi connectivity index (χ1) is 15.2. The fourth-order valence-electron chi connectivity index (χ4n) is 3.47. The van der Waals surface area contributed by atoms with Gasteiger partial charge in [0.25, 0.3) is 0 Å². The summed E-state index contributed by atoms with van der Waals surface area (Å²) in [5.74, 6) is 5.48. The van der Waals surface area contributed by atoms with Crippen molar-refractivity contribution in [2.75, 3.05) is 35.7 Å². The SMILES string of the molecule is CCNC(=O)C(=O)N1CCC(Nc2ncc(NN)c(Nc3ccc(C(C)(C)C)cc3)n2)C1. The highest BCUT2D eigenvalue weighted by Gasteiger charge is 2.30. The summed E-state index contributed by atoms with van der Waals surface area (Å²) in [4.78, 5) is 34.4. The Labute approximate surface area is 188 Å². The minimum absolute atomic E-state index is 0.0519. The molecule has 1 aromatic carbocycles. The third-order valence-electron chi connectivity index (χ3n) is 5.30. The molecule has 1 saturated heterocycles. The predicted octanol–water partition coefficient (Wildman–Crippen LogP) is 1.95. The molecule has 2 heterocycles.